The molecule has 0 bridgehead atoms. The van der Waals surface area contributed by atoms with Crippen molar-refractivity contribution < 1.29 is 4.79 Å². The molecule has 0 spiro atoms. The quantitative estimate of drug-likeness (QED) is 0.821. The van der Waals surface area contributed by atoms with Crippen LogP contribution < -0.4 is 0 Å². The summed E-state index contributed by atoms with van der Waals surface area (Å²) in [6, 6.07) is 9.75. The predicted octanol–water partition coefficient (Wildman–Crippen LogP) is 2.28. The standard InChI is InChI=1S/C21H33N3O/c1-4-19-5-7-20(8-6-19)9-10-22-15-17(2)21(16-22)24-13-11-23(12-14-24)18(3)25/h5-8,17,21H,4,9-16H2,1-3H3. The van der Waals surface area contributed by atoms with Crippen molar-refractivity contribution in [2.45, 2.75) is 39.7 Å². The normalized spacial score (nSPS) is 25.5. The minimum atomic E-state index is 0.217. The van der Waals surface area contributed by atoms with Gasteiger partial charge in [-0.2, -0.15) is 0 Å². The Kier molecular flexibility index (Phi) is 6.13. The summed E-state index contributed by atoms with van der Waals surface area (Å²) >= 11 is 0. The maximum atomic E-state index is 11.5. The molecule has 0 saturated carbocycles. The van der Waals surface area contributed by atoms with E-state index in [1.165, 1.54) is 24.2 Å². The number of nitrogens with zero attached hydrogens (tertiary/aromatic N) is 3. The van der Waals surface area contributed by atoms with Gasteiger partial charge in [-0.15, -0.1) is 0 Å². The topological polar surface area (TPSA) is 26.8 Å². The third-order valence-corrected chi connectivity index (χ3v) is 6.02. The second-order valence-corrected chi connectivity index (χ2v) is 7.77. The van der Waals surface area contributed by atoms with Crippen LogP contribution in [0.25, 0.3) is 0 Å². The van der Waals surface area contributed by atoms with E-state index in [2.05, 4.69) is 47.9 Å². The number of hydrogen-bond acceptors (Lipinski definition) is 3. The molecule has 0 aromatic heterocycles. The minimum absolute atomic E-state index is 0.217. The van der Waals surface area contributed by atoms with Crippen LogP contribution in [-0.2, 0) is 17.6 Å². The van der Waals surface area contributed by atoms with Crippen molar-refractivity contribution in [1.29, 1.82) is 0 Å². The highest BCUT2D eigenvalue weighted by atomic mass is 16.2. The Morgan fingerprint density at radius 2 is 1.68 bits per heavy atom. The molecule has 2 fully saturated rings. The molecule has 1 amide bonds. The van der Waals surface area contributed by atoms with Crippen molar-refractivity contribution in [2.24, 2.45) is 5.92 Å². The van der Waals surface area contributed by atoms with Crippen molar-refractivity contribution in [2.75, 3.05) is 45.8 Å². The van der Waals surface area contributed by atoms with E-state index in [1.54, 1.807) is 6.92 Å². The van der Waals surface area contributed by atoms with Gasteiger partial charge < -0.3 is 9.80 Å². The molecule has 1 aromatic carbocycles. The molecule has 0 radical (unpaired) electrons. The van der Waals surface area contributed by atoms with Gasteiger partial charge in [0.1, 0.15) is 0 Å². The number of rotatable bonds is 5. The number of amides is 1. The first-order valence-corrected chi connectivity index (χ1v) is 9.86. The van der Waals surface area contributed by atoms with E-state index in [0.717, 1.165) is 45.6 Å². The van der Waals surface area contributed by atoms with Crippen LogP contribution in [0.5, 0.6) is 0 Å². The summed E-state index contributed by atoms with van der Waals surface area (Å²) in [6.45, 7) is 13.6. The lowest BCUT2D eigenvalue weighted by Gasteiger charge is -2.39. The Morgan fingerprint density at radius 3 is 2.28 bits per heavy atom. The van der Waals surface area contributed by atoms with Gasteiger partial charge in [-0.3, -0.25) is 9.69 Å². The van der Waals surface area contributed by atoms with E-state index in [0.29, 0.717) is 12.0 Å². The molecular weight excluding hydrogens is 310 g/mol. The molecule has 0 N–H and O–H groups in total. The van der Waals surface area contributed by atoms with E-state index in [9.17, 15) is 4.79 Å². The Hall–Kier alpha value is -1.39. The summed E-state index contributed by atoms with van der Waals surface area (Å²) in [5, 5.41) is 0. The first kappa shape index (κ1) is 18.4. The molecule has 2 saturated heterocycles. The number of carbonyl (C=O) groups is 1. The zero-order chi connectivity index (χ0) is 17.8. The van der Waals surface area contributed by atoms with Crippen molar-refractivity contribution >= 4 is 5.91 Å². The molecule has 25 heavy (non-hydrogen) atoms. The lowest BCUT2D eigenvalue weighted by Crippen LogP contribution is -2.53. The van der Waals surface area contributed by atoms with Gasteiger partial charge in [0.05, 0.1) is 0 Å². The molecule has 2 atom stereocenters. The maximum Gasteiger partial charge on any atom is 0.219 e. The zero-order valence-electron chi connectivity index (χ0n) is 16.1. The van der Waals surface area contributed by atoms with E-state index < -0.39 is 0 Å². The fraction of sp³-hybridized carbons (Fsp3) is 0.667. The Bertz CT molecular complexity index is 563. The lowest BCUT2D eigenvalue weighted by molar-refractivity contribution is -0.130. The first-order chi connectivity index (χ1) is 12.1. The number of aryl methyl sites for hydroxylation is 1. The first-order valence-electron chi connectivity index (χ1n) is 9.86. The third kappa shape index (κ3) is 4.62. The van der Waals surface area contributed by atoms with E-state index >= 15 is 0 Å². The van der Waals surface area contributed by atoms with Gasteiger partial charge in [0.2, 0.25) is 5.91 Å². The summed E-state index contributed by atoms with van der Waals surface area (Å²) in [5.41, 5.74) is 2.87. The SMILES string of the molecule is CCc1ccc(CCN2CC(C)C(N3CCN(C(C)=O)CC3)C2)cc1. The van der Waals surface area contributed by atoms with Gasteiger partial charge in [0.25, 0.3) is 0 Å². The predicted molar refractivity (Wildman–Crippen MR) is 103 cm³/mol. The molecule has 2 unspecified atom stereocenters. The van der Waals surface area contributed by atoms with Crippen LogP contribution in [0, 0.1) is 5.92 Å². The highest BCUT2D eigenvalue weighted by molar-refractivity contribution is 5.73. The average Bonchev–Trinajstić information content (AvgIpc) is 3.01. The summed E-state index contributed by atoms with van der Waals surface area (Å²) in [4.78, 5) is 18.7. The minimum Gasteiger partial charge on any atom is -0.340 e. The molecule has 2 heterocycles. The number of piperazine rings is 1. The highest BCUT2D eigenvalue weighted by Crippen LogP contribution is 2.23. The Balaban J connectivity index is 1.47. The van der Waals surface area contributed by atoms with Gasteiger partial charge in [-0.25, -0.2) is 0 Å². The Morgan fingerprint density at radius 1 is 1.04 bits per heavy atom. The smallest absolute Gasteiger partial charge is 0.219 e. The van der Waals surface area contributed by atoms with Crippen molar-refractivity contribution in [3.05, 3.63) is 35.4 Å². The molecular formula is C21H33N3O. The van der Waals surface area contributed by atoms with Crippen LogP contribution in [0.3, 0.4) is 0 Å². The van der Waals surface area contributed by atoms with Gasteiger partial charge >= 0.3 is 0 Å². The van der Waals surface area contributed by atoms with Crippen LogP contribution in [0.2, 0.25) is 0 Å². The summed E-state index contributed by atoms with van der Waals surface area (Å²) in [7, 11) is 0. The fourth-order valence-corrected chi connectivity index (χ4v) is 4.30. The lowest BCUT2D eigenvalue weighted by atomic mass is 10.0. The van der Waals surface area contributed by atoms with Gasteiger partial charge in [-0.05, 0) is 29.9 Å². The van der Waals surface area contributed by atoms with E-state index in [4.69, 9.17) is 0 Å². The van der Waals surface area contributed by atoms with Crippen LogP contribution in [0.1, 0.15) is 31.9 Å². The average molecular weight is 344 g/mol. The van der Waals surface area contributed by atoms with Gasteiger partial charge in [0, 0.05) is 58.8 Å². The summed E-state index contributed by atoms with van der Waals surface area (Å²) < 4.78 is 0. The zero-order valence-corrected chi connectivity index (χ0v) is 16.1. The molecule has 2 aliphatic heterocycles. The van der Waals surface area contributed by atoms with E-state index in [1.807, 2.05) is 4.90 Å². The molecule has 2 aliphatic rings. The molecule has 138 valence electrons. The van der Waals surface area contributed by atoms with Crippen LogP contribution in [0.15, 0.2) is 24.3 Å². The second kappa shape index (κ2) is 8.33. The van der Waals surface area contributed by atoms with Crippen LogP contribution in [0.4, 0.5) is 0 Å². The van der Waals surface area contributed by atoms with Crippen LogP contribution in [-0.4, -0.2) is 72.5 Å². The fourth-order valence-electron chi connectivity index (χ4n) is 4.30. The monoisotopic (exact) mass is 343 g/mol. The Labute approximate surface area is 152 Å². The van der Waals surface area contributed by atoms with Crippen molar-refractivity contribution in [1.82, 2.24) is 14.7 Å². The second-order valence-electron chi connectivity index (χ2n) is 7.77. The summed E-state index contributed by atoms with van der Waals surface area (Å²) in [6.07, 6.45) is 2.25. The van der Waals surface area contributed by atoms with Gasteiger partial charge in [-0.1, -0.05) is 38.1 Å². The third-order valence-electron chi connectivity index (χ3n) is 6.02. The van der Waals surface area contributed by atoms with Crippen LogP contribution >= 0.6 is 0 Å². The molecule has 4 heteroatoms. The van der Waals surface area contributed by atoms with Crippen molar-refractivity contribution in [3.8, 4) is 0 Å². The molecule has 4 nitrogen and oxygen atoms in total. The highest BCUT2D eigenvalue weighted by Gasteiger charge is 2.35. The number of likely N-dealkylation sites (tertiary alicyclic amines) is 1. The molecule has 0 aliphatic carbocycles. The van der Waals surface area contributed by atoms with E-state index in [-0.39, 0.29) is 5.91 Å². The van der Waals surface area contributed by atoms with Gasteiger partial charge in [0.15, 0.2) is 0 Å². The summed E-state index contributed by atoms with van der Waals surface area (Å²) in [5.74, 6) is 0.932. The largest absolute Gasteiger partial charge is 0.340 e. The maximum absolute atomic E-state index is 11.5. The number of benzene rings is 1. The number of hydrogen-bond donors (Lipinski definition) is 0. The number of carbonyl (C=O) groups excluding carboxylic acids is 1. The molecule has 1 aromatic rings. The van der Waals surface area contributed by atoms with Crippen molar-refractivity contribution in [3.63, 3.8) is 0 Å². The molecule has 3 rings (SSSR count).